The Morgan fingerprint density at radius 3 is 2.45 bits per heavy atom. The summed E-state index contributed by atoms with van der Waals surface area (Å²) >= 11 is 0. The van der Waals surface area contributed by atoms with Crippen molar-refractivity contribution in [1.82, 2.24) is 19.6 Å². The number of nitrogens with zero attached hydrogens (tertiary/aromatic N) is 4. The van der Waals surface area contributed by atoms with Gasteiger partial charge in [-0.15, -0.1) is 0 Å². The van der Waals surface area contributed by atoms with Crippen molar-refractivity contribution in [1.29, 1.82) is 0 Å². The summed E-state index contributed by atoms with van der Waals surface area (Å²) in [6.45, 7) is 0. The van der Waals surface area contributed by atoms with Crippen LogP contribution in [0, 0.1) is 0 Å². The van der Waals surface area contributed by atoms with Gasteiger partial charge in [-0.05, 0) is 42.3 Å². The molecular formula is C23H22N6O2. The van der Waals surface area contributed by atoms with Gasteiger partial charge >= 0.3 is 0 Å². The molecule has 0 saturated carbocycles. The average molecular weight is 414 g/mol. The maximum absolute atomic E-state index is 12.6. The second-order valence-corrected chi connectivity index (χ2v) is 7.02. The van der Waals surface area contributed by atoms with E-state index in [0.29, 0.717) is 24.3 Å². The molecule has 8 nitrogen and oxygen atoms in total. The van der Waals surface area contributed by atoms with E-state index in [9.17, 15) is 9.59 Å². The Hall–Kier alpha value is -4.20. The zero-order valence-electron chi connectivity index (χ0n) is 17.0. The molecule has 2 aromatic carbocycles. The summed E-state index contributed by atoms with van der Waals surface area (Å²) < 4.78 is 3.22. The van der Waals surface area contributed by atoms with Crippen LogP contribution in [0.5, 0.6) is 0 Å². The van der Waals surface area contributed by atoms with Gasteiger partial charge in [-0.1, -0.05) is 30.3 Å². The Bertz CT molecular complexity index is 1160. The molecule has 0 saturated heterocycles. The van der Waals surface area contributed by atoms with E-state index in [1.807, 2.05) is 54.7 Å². The van der Waals surface area contributed by atoms with Crippen LogP contribution in [0.1, 0.15) is 22.5 Å². The lowest BCUT2D eigenvalue weighted by atomic mass is 10.1. The largest absolute Gasteiger partial charge is 0.321 e. The van der Waals surface area contributed by atoms with Gasteiger partial charge in [-0.2, -0.15) is 10.2 Å². The fourth-order valence-corrected chi connectivity index (χ4v) is 3.12. The number of nitrogens with one attached hydrogen (secondary N) is 2. The fourth-order valence-electron chi connectivity index (χ4n) is 3.12. The molecule has 0 unspecified atom stereocenters. The van der Waals surface area contributed by atoms with E-state index in [4.69, 9.17) is 0 Å². The van der Waals surface area contributed by atoms with Crippen LogP contribution in [0.15, 0.2) is 79.1 Å². The van der Waals surface area contributed by atoms with Crippen molar-refractivity contribution in [3.63, 3.8) is 0 Å². The molecule has 0 spiro atoms. The Morgan fingerprint density at radius 1 is 0.968 bits per heavy atom. The molecule has 4 aromatic rings. The number of rotatable bonds is 7. The van der Waals surface area contributed by atoms with Crippen LogP contribution in [0.4, 0.5) is 11.5 Å². The van der Waals surface area contributed by atoms with Crippen molar-refractivity contribution in [2.24, 2.45) is 7.05 Å². The molecule has 0 bridgehead atoms. The molecule has 2 N–H and O–H groups in total. The average Bonchev–Trinajstić information content (AvgIpc) is 3.44. The molecule has 0 aliphatic heterocycles. The van der Waals surface area contributed by atoms with Crippen LogP contribution < -0.4 is 10.6 Å². The number of carbonyl (C=O) groups excluding carboxylic acids is 2. The molecule has 0 radical (unpaired) electrons. The highest BCUT2D eigenvalue weighted by Gasteiger charge is 2.15. The molecule has 8 heteroatoms. The quantitative estimate of drug-likeness (QED) is 0.484. The molecule has 0 fully saturated rings. The minimum absolute atomic E-state index is 0.131. The van der Waals surface area contributed by atoms with Gasteiger partial charge in [0.1, 0.15) is 5.82 Å². The van der Waals surface area contributed by atoms with Gasteiger partial charge in [0, 0.05) is 37.6 Å². The van der Waals surface area contributed by atoms with Gasteiger partial charge in [0.2, 0.25) is 5.91 Å². The fraction of sp³-hybridized carbons (Fsp3) is 0.130. The number of hydrogen-bond acceptors (Lipinski definition) is 4. The molecule has 2 amide bonds. The smallest absolute Gasteiger partial charge is 0.276 e. The van der Waals surface area contributed by atoms with Crippen LogP contribution in [0.25, 0.3) is 5.69 Å². The van der Waals surface area contributed by atoms with Crippen molar-refractivity contribution in [2.45, 2.75) is 12.8 Å². The lowest BCUT2D eigenvalue weighted by molar-refractivity contribution is -0.116. The first kappa shape index (κ1) is 20.1. The number of benzene rings is 2. The van der Waals surface area contributed by atoms with Crippen LogP contribution in [0.2, 0.25) is 0 Å². The third-order valence-electron chi connectivity index (χ3n) is 4.76. The van der Waals surface area contributed by atoms with Crippen molar-refractivity contribution in [2.75, 3.05) is 10.6 Å². The highest BCUT2D eigenvalue weighted by molar-refractivity contribution is 6.04. The minimum atomic E-state index is -0.354. The molecule has 2 aromatic heterocycles. The van der Waals surface area contributed by atoms with Gasteiger partial charge in [0.25, 0.3) is 5.91 Å². The van der Waals surface area contributed by atoms with E-state index in [2.05, 4.69) is 20.8 Å². The summed E-state index contributed by atoms with van der Waals surface area (Å²) in [4.78, 5) is 24.9. The molecule has 2 heterocycles. The summed E-state index contributed by atoms with van der Waals surface area (Å²) in [7, 11) is 1.68. The van der Waals surface area contributed by atoms with E-state index in [1.165, 1.54) is 4.68 Å². The second-order valence-electron chi connectivity index (χ2n) is 7.02. The van der Waals surface area contributed by atoms with Gasteiger partial charge in [-0.3, -0.25) is 14.3 Å². The normalized spacial score (nSPS) is 10.6. The third-order valence-corrected chi connectivity index (χ3v) is 4.76. The minimum Gasteiger partial charge on any atom is -0.321 e. The number of hydrogen-bond donors (Lipinski definition) is 2. The van der Waals surface area contributed by atoms with Crippen LogP contribution >= 0.6 is 0 Å². The van der Waals surface area contributed by atoms with Gasteiger partial charge in [0.15, 0.2) is 5.69 Å². The predicted molar refractivity (Wildman–Crippen MR) is 118 cm³/mol. The van der Waals surface area contributed by atoms with Gasteiger partial charge < -0.3 is 10.6 Å². The van der Waals surface area contributed by atoms with Gasteiger partial charge in [0.05, 0.1) is 5.69 Å². The van der Waals surface area contributed by atoms with Crippen molar-refractivity contribution >= 4 is 23.3 Å². The monoisotopic (exact) mass is 414 g/mol. The molecule has 31 heavy (non-hydrogen) atoms. The highest BCUT2D eigenvalue weighted by Crippen LogP contribution is 2.15. The highest BCUT2D eigenvalue weighted by atomic mass is 16.2. The molecular weight excluding hydrogens is 392 g/mol. The number of carbonyl (C=O) groups is 2. The SMILES string of the molecule is Cn1nc(C(=O)Nc2ccc(-n3cccn3)cc2)cc1NC(=O)CCc1ccccc1. The zero-order valence-corrected chi connectivity index (χ0v) is 17.0. The van der Waals surface area contributed by atoms with E-state index >= 15 is 0 Å². The number of amides is 2. The zero-order chi connectivity index (χ0) is 21.6. The van der Waals surface area contributed by atoms with Crippen LogP contribution in [-0.4, -0.2) is 31.4 Å². The van der Waals surface area contributed by atoms with Crippen molar-refractivity contribution in [3.05, 3.63) is 90.4 Å². The maximum Gasteiger partial charge on any atom is 0.276 e. The lowest BCUT2D eigenvalue weighted by Crippen LogP contribution is -2.14. The second kappa shape index (κ2) is 9.08. The predicted octanol–water partition coefficient (Wildman–Crippen LogP) is 3.43. The third kappa shape index (κ3) is 5.05. The summed E-state index contributed by atoms with van der Waals surface area (Å²) in [6.07, 6.45) is 4.54. The maximum atomic E-state index is 12.6. The Balaban J connectivity index is 1.35. The standard InChI is InChI=1S/C23H22N6O2/c1-28-21(26-22(30)13-8-17-6-3-2-4-7-17)16-20(27-28)23(31)25-18-9-11-19(12-10-18)29-15-5-14-24-29/h2-7,9-12,14-16H,8,13H2,1H3,(H,25,31)(H,26,30). The number of aromatic nitrogens is 4. The summed E-state index contributed by atoms with van der Waals surface area (Å²) in [5.41, 5.74) is 2.85. The first-order valence-corrected chi connectivity index (χ1v) is 9.88. The molecule has 156 valence electrons. The number of aryl methyl sites for hydroxylation is 2. The topological polar surface area (TPSA) is 93.8 Å². The molecule has 0 atom stereocenters. The van der Waals surface area contributed by atoms with Crippen LogP contribution in [0.3, 0.4) is 0 Å². The van der Waals surface area contributed by atoms with Crippen molar-refractivity contribution in [3.8, 4) is 5.69 Å². The summed E-state index contributed by atoms with van der Waals surface area (Å²) in [5.74, 6) is -0.0162. The van der Waals surface area contributed by atoms with Crippen molar-refractivity contribution < 1.29 is 9.59 Å². The van der Waals surface area contributed by atoms with E-state index in [0.717, 1.165) is 11.3 Å². The Morgan fingerprint density at radius 2 is 1.74 bits per heavy atom. The van der Waals surface area contributed by atoms with E-state index in [-0.39, 0.29) is 17.5 Å². The van der Waals surface area contributed by atoms with Gasteiger partial charge in [-0.25, -0.2) is 4.68 Å². The molecule has 0 aliphatic rings. The molecule has 4 rings (SSSR count). The van der Waals surface area contributed by atoms with E-state index in [1.54, 1.807) is 36.1 Å². The first-order chi connectivity index (χ1) is 15.1. The van der Waals surface area contributed by atoms with E-state index < -0.39 is 0 Å². The lowest BCUT2D eigenvalue weighted by Gasteiger charge is -2.05. The Kier molecular flexibility index (Phi) is 5.89. The Labute approximate surface area is 179 Å². The summed E-state index contributed by atoms with van der Waals surface area (Å²) in [5, 5.41) is 14.0. The first-order valence-electron chi connectivity index (χ1n) is 9.88. The summed E-state index contributed by atoms with van der Waals surface area (Å²) in [6, 6.07) is 20.5. The molecule has 0 aliphatic carbocycles. The van der Waals surface area contributed by atoms with Crippen LogP contribution in [-0.2, 0) is 18.3 Å². The number of anilines is 2.